The minimum Gasteiger partial charge on any atom is -0.274 e. The van der Waals surface area contributed by atoms with E-state index in [4.69, 9.17) is 0 Å². The number of carbonyl (C=O) groups excluding carboxylic acids is 1. The quantitative estimate of drug-likeness (QED) is 0.523. The van der Waals surface area contributed by atoms with Gasteiger partial charge in [0.2, 0.25) is 15.9 Å². The molecule has 0 spiro atoms. The summed E-state index contributed by atoms with van der Waals surface area (Å²) in [6, 6.07) is 0. The number of rotatable bonds is 5. The molecule has 1 aliphatic rings. The van der Waals surface area contributed by atoms with E-state index in [0.29, 0.717) is 6.42 Å². The number of sulfonamides is 1. The van der Waals surface area contributed by atoms with E-state index in [0.717, 1.165) is 4.31 Å². The van der Waals surface area contributed by atoms with Crippen LogP contribution in [0, 0.1) is 0 Å². The molecule has 15 heavy (non-hydrogen) atoms. The molecule has 1 rings (SSSR count). The molecule has 1 amide bonds. The maximum atomic E-state index is 11.8. The maximum Gasteiger partial charge on any atom is 0.239 e. The Kier molecular flexibility index (Phi) is 3.04. The van der Waals surface area contributed by atoms with Crippen LogP contribution in [0.2, 0.25) is 0 Å². The highest BCUT2D eigenvalue weighted by Gasteiger charge is 2.51. The Labute approximate surface area is 90.3 Å². The van der Waals surface area contributed by atoms with E-state index in [1.54, 1.807) is 6.92 Å². The minimum atomic E-state index is -3.51. The highest BCUT2D eigenvalue weighted by Crippen LogP contribution is 2.35. The van der Waals surface area contributed by atoms with Crippen LogP contribution in [-0.2, 0) is 14.8 Å². The third-order valence-corrected chi connectivity index (χ3v) is 4.43. The fraction of sp³-hybridized carbons (Fsp3) is 0.500. The second kappa shape index (κ2) is 3.81. The van der Waals surface area contributed by atoms with Crippen molar-refractivity contribution in [3.8, 4) is 0 Å². The van der Waals surface area contributed by atoms with Gasteiger partial charge in [0.15, 0.2) is 0 Å². The molecule has 4 nitrogen and oxygen atoms in total. The topological polar surface area (TPSA) is 54.5 Å². The van der Waals surface area contributed by atoms with Gasteiger partial charge in [-0.25, -0.2) is 12.7 Å². The SMILES string of the molecule is C=CCCS(=O)(=O)N1C(=O)CC1(C)C=C. The maximum absolute atomic E-state index is 11.8. The van der Waals surface area contributed by atoms with E-state index in [9.17, 15) is 13.2 Å². The lowest BCUT2D eigenvalue weighted by Crippen LogP contribution is -2.63. The summed E-state index contributed by atoms with van der Waals surface area (Å²) in [6.07, 6.45) is 3.58. The van der Waals surface area contributed by atoms with Gasteiger partial charge in [-0.1, -0.05) is 12.2 Å². The second-order valence-electron chi connectivity index (χ2n) is 3.79. The molecule has 1 saturated heterocycles. The molecule has 0 N–H and O–H groups in total. The molecule has 0 saturated carbocycles. The highest BCUT2D eigenvalue weighted by molar-refractivity contribution is 7.89. The Morgan fingerprint density at radius 2 is 2.13 bits per heavy atom. The summed E-state index contributed by atoms with van der Waals surface area (Å²) < 4.78 is 24.5. The summed E-state index contributed by atoms with van der Waals surface area (Å²) in [7, 11) is -3.51. The zero-order valence-corrected chi connectivity index (χ0v) is 9.59. The third kappa shape index (κ3) is 1.97. The number of amides is 1. The number of β-lactam (4-membered cyclic amide) rings is 1. The van der Waals surface area contributed by atoms with E-state index in [1.165, 1.54) is 12.2 Å². The van der Waals surface area contributed by atoms with Gasteiger partial charge in [-0.3, -0.25) is 4.79 Å². The van der Waals surface area contributed by atoms with Crippen molar-refractivity contribution in [2.24, 2.45) is 0 Å². The first-order chi connectivity index (χ1) is 6.87. The minimum absolute atomic E-state index is 0.0777. The summed E-state index contributed by atoms with van der Waals surface area (Å²) in [5.74, 6) is -0.437. The van der Waals surface area contributed by atoms with Crippen molar-refractivity contribution in [3.63, 3.8) is 0 Å². The van der Waals surface area contributed by atoms with Crippen molar-refractivity contribution >= 4 is 15.9 Å². The van der Waals surface area contributed by atoms with Crippen LogP contribution < -0.4 is 0 Å². The Hall–Kier alpha value is -1.10. The molecule has 0 aromatic heterocycles. The number of nitrogens with zero attached hydrogens (tertiary/aromatic N) is 1. The zero-order valence-electron chi connectivity index (χ0n) is 8.77. The van der Waals surface area contributed by atoms with Crippen molar-refractivity contribution in [2.75, 3.05) is 5.75 Å². The molecule has 0 radical (unpaired) electrons. The van der Waals surface area contributed by atoms with Crippen LogP contribution >= 0.6 is 0 Å². The molecule has 0 aliphatic carbocycles. The molecule has 84 valence electrons. The number of hydrogen-bond acceptors (Lipinski definition) is 3. The Bertz CT molecular complexity index is 399. The van der Waals surface area contributed by atoms with Crippen LogP contribution in [0.4, 0.5) is 0 Å². The smallest absolute Gasteiger partial charge is 0.239 e. The predicted molar refractivity (Wildman–Crippen MR) is 58.7 cm³/mol. The average Bonchev–Trinajstić information content (AvgIpc) is 2.13. The molecule has 0 aromatic carbocycles. The molecular weight excluding hydrogens is 214 g/mol. The normalized spacial score (nSPS) is 25.9. The van der Waals surface area contributed by atoms with Crippen molar-refractivity contribution < 1.29 is 13.2 Å². The van der Waals surface area contributed by atoms with Crippen molar-refractivity contribution in [2.45, 2.75) is 25.3 Å². The Morgan fingerprint density at radius 1 is 1.53 bits per heavy atom. The molecule has 0 bridgehead atoms. The number of hydrogen-bond donors (Lipinski definition) is 0. The number of allylic oxidation sites excluding steroid dienone is 1. The van der Waals surface area contributed by atoms with Crippen molar-refractivity contribution in [1.82, 2.24) is 4.31 Å². The molecule has 1 unspecified atom stereocenters. The van der Waals surface area contributed by atoms with E-state index < -0.39 is 15.6 Å². The predicted octanol–water partition coefficient (Wildman–Crippen LogP) is 1.07. The highest BCUT2D eigenvalue weighted by atomic mass is 32.2. The van der Waals surface area contributed by atoms with Gasteiger partial charge in [0.25, 0.3) is 0 Å². The molecule has 0 aromatic rings. The van der Waals surface area contributed by atoms with E-state index in [1.807, 2.05) is 0 Å². The van der Waals surface area contributed by atoms with Gasteiger partial charge in [-0.05, 0) is 13.3 Å². The van der Waals surface area contributed by atoms with E-state index in [-0.39, 0.29) is 18.1 Å². The van der Waals surface area contributed by atoms with E-state index in [2.05, 4.69) is 13.2 Å². The monoisotopic (exact) mass is 229 g/mol. The molecular formula is C10H15NO3S. The van der Waals surface area contributed by atoms with Crippen molar-refractivity contribution in [1.29, 1.82) is 0 Å². The standard InChI is InChI=1S/C10H15NO3S/c1-4-6-7-15(13,14)11-9(12)8-10(11,3)5-2/h4-5H,1-2,6-8H2,3H3. The van der Waals surface area contributed by atoms with Gasteiger partial charge in [0.05, 0.1) is 17.7 Å². The lowest BCUT2D eigenvalue weighted by Gasteiger charge is -2.46. The van der Waals surface area contributed by atoms with Gasteiger partial charge >= 0.3 is 0 Å². The molecule has 1 aliphatic heterocycles. The second-order valence-corrected chi connectivity index (χ2v) is 5.73. The van der Waals surface area contributed by atoms with Crippen LogP contribution in [0.15, 0.2) is 25.3 Å². The van der Waals surface area contributed by atoms with Crippen LogP contribution in [0.25, 0.3) is 0 Å². The Balaban J connectivity index is 2.91. The number of carbonyl (C=O) groups is 1. The van der Waals surface area contributed by atoms with Gasteiger partial charge in [-0.15, -0.1) is 13.2 Å². The molecule has 1 heterocycles. The molecule has 1 atom stereocenters. The Morgan fingerprint density at radius 3 is 2.53 bits per heavy atom. The first kappa shape index (κ1) is 12.0. The summed E-state index contributed by atoms with van der Waals surface area (Å²) in [5.41, 5.74) is -0.739. The van der Waals surface area contributed by atoms with Gasteiger partial charge < -0.3 is 0 Å². The van der Waals surface area contributed by atoms with Crippen LogP contribution in [-0.4, -0.2) is 29.9 Å². The third-order valence-electron chi connectivity index (χ3n) is 2.50. The fourth-order valence-corrected chi connectivity index (χ4v) is 3.39. The van der Waals surface area contributed by atoms with Gasteiger partial charge in [-0.2, -0.15) is 0 Å². The lowest BCUT2D eigenvalue weighted by molar-refractivity contribution is -0.140. The van der Waals surface area contributed by atoms with Crippen LogP contribution in [0.1, 0.15) is 19.8 Å². The summed E-state index contributed by atoms with van der Waals surface area (Å²) in [5, 5.41) is 0. The van der Waals surface area contributed by atoms with Gasteiger partial charge in [0.1, 0.15) is 0 Å². The van der Waals surface area contributed by atoms with Gasteiger partial charge in [0, 0.05) is 0 Å². The first-order valence-electron chi connectivity index (χ1n) is 4.68. The van der Waals surface area contributed by atoms with E-state index >= 15 is 0 Å². The summed E-state index contributed by atoms with van der Waals surface area (Å²) in [6.45, 7) is 8.70. The fourth-order valence-electron chi connectivity index (χ4n) is 1.59. The van der Waals surface area contributed by atoms with Crippen molar-refractivity contribution in [3.05, 3.63) is 25.3 Å². The summed E-state index contributed by atoms with van der Waals surface area (Å²) in [4.78, 5) is 11.3. The zero-order chi connectivity index (χ0) is 11.7. The van der Waals surface area contributed by atoms with Crippen LogP contribution in [0.3, 0.4) is 0 Å². The largest absolute Gasteiger partial charge is 0.274 e. The van der Waals surface area contributed by atoms with Crippen LogP contribution in [0.5, 0.6) is 0 Å². The average molecular weight is 229 g/mol. The molecule has 1 fully saturated rings. The molecule has 5 heteroatoms. The first-order valence-corrected chi connectivity index (χ1v) is 6.29. The summed E-state index contributed by atoms with van der Waals surface area (Å²) >= 11 is 0. The lowest BCUT2D eigenvalue weighted by atomic mass is 9.90.